The Morgan fingerprint density at radius 1 is 1.30 bits per heavy atom. The van der Waals surface area contributed by atoms with Gasteiger partial charge in [0.05, 0.1) is 17.5 Å². The number of hydrogen-bond acceptors (Lipinski definition) is 4. The Kier molecular flexibility index (Phi) is 4.49. The molecular formula is C15H23N3O2. The van der Waals surface area contributed by atoms with Crippen molar-refractivity contribution in [2.75, 3.05) is 25.1 Å². The molecule has 1 aromatic rings. The molecule has 0 atom stereocenters. The Morgan fingerprint density at radius 2 is 1.95 bits per heavy atom. The summed E-state index contributed by atoms with van der Waals surface area (Å²) in [5.41, 5.74) is 8.07. The highest BCUT2D eigenvalue weighted by atomic mass is 16.3. The number of benzene rings is 1. The lowest BCUT2D eigenvalue weighted by molar-refractivity contribution is 0.0827. The minimum atomic E-state index is -0.162. The van der Waals surface area contributed by atoms with E-state index in [1.54, 1.807) is 26.2 Å². The summed E-state index contributed by atoms with van der Waals surface area (Å²) in [7, 11) is 3.44. The average Bonchev–Trinajstić information content (AvgIpc) is 2.42. The van der Waals surface area contributed by atoms with Gasteiger partial charge in [-0.15, -0.1) is 0 Å². The fourth-order valence-electron chi connectivity index (χ4n) is 2.53. The number of nitrogens with one attached hydrogen (secondary N) is 1. The fraction of sp³-hybridized carbons (Fsp3) is 0.533. The maximum absolute atomic E-state index is 11.9. The Labute approximate surface area is 119 Å². The van der Waals surface area contributed by atoms with Gasteiger partial charge >= 0.3 is 0 Å². The molecule has 0 bridgehead atoms. The number of hydrogen-bond donors (Lipinski definition) is 3. The minimum Gasteiger partial charge on any atom is -0.397 e. The van der Waals surface area contributed by atoms with Crippen LogP contribution in [0, 0.1) is 0 Å². The van der Waals surface area contributed by atoms with Crippen LogP contribution in [0.15, 0.2) is 18.2 Å². The van der Waals surface area contributed by atoms with Gasteiger partial charge < -0.3 is 21.1 Å². The maximum Gasteiger partial charge on any atom is 0.253 e. The number of nitrogen functional groups attached to an aromatic ring is 1. The maximum atomic E-state index is 11.9. The Hall–Kier alpha value is -1.75. The minimum absolute atomic E-state index is 0.0518. The number of anilines is 2. The van der Waals surface area contributed by atoms with Gasteiger partial charge in [-0.3, -0.25) is 4.79 Å². The molecule has 0 heterocycles. The van der Waals surface area contributed by atoms with Crippen LogP contribution in [0.25, 0.3) is 0 Å². The number of rotatable bonds is 3. The zero-order valence-corrected chi connectivity index (χ0v) is 12.1. The van der Waals surface area contributed by atoms with Gasteiger partial charge in [0.2, 0.25) is 0 Å². The lowest BCUT2D eigenvalue weighted by Gasteiger charge is -2.27. The van der Waals surface area contributed by atoms with E-state index in [1.807, 2.05) is 6.07 Å². The third-order valence-corrected chi connectivity index (χ3v) is 3.76. The second kappa shape index (κ2) is 6.13. The molecule has 0 radical (unpaired) electrons. The highest BCUT2D eigenvalue weighted by molar-refractivity contribution is 5.95. The molecule has 0 aromatic heterocycles. The number of amides is 1. The van der Waals surface area contributed by atoms with E-state index in [0.717, 1.165) is 31.4 Å². The normalized spacial score (nSPS) is 22.4. The first-order valence-corrected chi connectivity index (χ1v) is 7.03. The number of nitrogens with two attached hydrogens (primary N) is 1. The molecule has 0 saturated heterocycles. The smallest absolute Gasteiger partial charge is 0.253 e. The first-order chi connectivity index (χ1) is 9.47. The van der Waals surface area contributed by atoms with Crippen molar-refractivity contribution >= 4 is 17.3 Å². The molecule has 110 valence electrons. The summed E-state index contributed by atoms with van der Waals surface area (Å²) in [6.07, 6.45) is 3.38. The predicted octanol–water partition coefficient (Wildman–Crippen LogP) is 1.69. The molecular weight excluding hydrogens is 254 g/mol. The summed E-state index contributed by atoms with van der Waals surface area (Å²) in [4.78, 5) is 13.4. The molecule has 1 fully saturated rings. The van der Waals surface area contributed by atoms with Crippen LogP contribution in [0.5, 0.6) is 0 Å². The number of nitrogens with zero attached hydrogens (tertiary/aromatic N) is 1. The van der Waals surface area contributed by atoms with Crippen LogP contribution in [-0.4, -0.2) is 42.2 Å². The van der Waals surface area contributed by atoms with Gasteiger partial charge in [-0.05, 0) is 43.9 Å². The molecule has 0 unspecified atom stereocenters. The van der Waals surface area contributed by atoms with Gasteiger partial charge in [-0.2, -0.15) is 0 Å². The van der Waals surface area contributed by atoms with E-state index in [1.165, 1.54) is 4.90 Å². The van der Waals surface area contributed by atoms with E-state index in [2.05, 4.69) is 5.32 Å². The summed E-state index contributed by atoms with van der Waals surface area (Å²) in [5.74, 6) is -0.0518. The van der Waals surface area contributed by atoms with E-state index in [-0.39, 0.29) is 12.0 Å². The SMILES string of the molecule is CN(C)C(=O)c1ccc(NC2CCC(O)CC2)c(N)c1. The monoisotopic (exact) mass is 277 g/mol. The largest absolute Gasteiger partial charge is 0.397 e. The van der Waals surface area contributed by atoms with E-state index in [4.69, 9.17) is 5.73 Å². The van der Waals surface area contributed by atoms with Crippen LogP contribution in [0.3, 0.4) is 0 Å². The lowest BCUT2D eigenvalue weighted by atomic mass is 9.93. The molecule has 5 nitrogen and oxygen atoms in total. The summed E-state index contributed by atoms with van der Waals surface area (Å²) >= 11 is 0. The summed E-state index contributed by atoms with van der Waals surface area (Å²) in [6, 6.07) is 5.70. The van der Waals surface area contributed by atoms with E-state index < -0.39 is 0 Å². The quantitative estimate of drug-likeness (QED) is 0.735. The second-order valence-corrected chi connectivity index (χ2v) is 5.65. The predicted molar refractivity (Wildman–Crippen MR) is 80.8 cm³/mol. The number of aliphatic hydroxyl groups is 1. The number of carbonyl (C=O) groups is 1. The van der Waals surface area contributed by atoms with Crippen LogP contribution >= 0.6 is 0 Å². The van der Waals surface area contributed by atoms with Crippen molar-refractivity contribution in [2.24, 2.45) is 0 Å². The fourth-order valence-corrected chi connectivity index (χ4v) is 2.53. The molecule has 1 aliphatic rings. The van der Waals surface area contributed by atoms with Gasteiger partial charge in [0, 0.05) is 25.7 Å². The third-order valence-electron chi connectivity index (χ3n) is 3.76. The van der Waals surface area contributed by atoms with Crippen molar-refractivity contribution in [1.82, 2.24) is 4.90 Å². The van der Waals surface area contributed by atoms with Crippen LogP contribution in [0.2, 0.25) is 0 Å². The van der Waals surface area contributed by atoms with Gasteiger partial charge in [0.15, 0.2) is 0 Å². The van der Waals surface area contributed by atoms with Crippen molar-refractivity contribution in [1.29, 1.82) is 0 Å². The molecule has 1 aromatic carbocycles. The molecule has 1 saturated carbocycles. The third kappa shape index (κ3) is 3.42. The standard InChI is InChI=1S/C15H23N3O2/c1-18(2)15(20)10-3-8-14(13(16)9-10)17-11-4-6-12(19)7-5-11/h3,8-9,11-12,17,19H,4-7,16H2,1-2H3. The van der Waals surface area contributed by atoms with Crippen LogP contribution < -0.4 is 11.1 Å². The number of carbonyl (C=O) groups excluding carboxylic acids is 1. The Bertz CT molecular complexity index is 480. The van der Waals surface area contributed by atoms with Gasteiger partial charge in [0.1, 0.15) is 0 Å². The molecule has 0 aliphatic heterocycles. The van der Waals surface area contributed by atoms with Gasteiger partial charge in [-0.1, -0.05) is 0 Å². The first-order valence-electron chi connectivity index (χ1n) is 7.03. The van der Waals surface area contributed by atoms with Crippen molar-refractivity contribution in [3.8, 4) is 0 Å². The number of aliphatic hydroxyl groups excluding tert-OH is 1. The Balaban J connectivity index is 2.04. The zero-order valence-electron chi connectivity index (χ0n) is 12.1. The first kappa shape index (κ1) is 14.7. The lowest BCUT2D eigenvalue weighted by Crippen LogP contribution is -2.28. The molecule has 2 rings (SSSR count). The summed E-state index contributed by atoms with van der Waals surface area (Å²) < 4.78 is 0. The molecule has 4 N–H and O–H groups in total. The zero-order chi connectivity index (χ0) is 14.7. The summed E-state index contributed by atoms with van der Waals surface area (Å²) in [5, 5.41) is 12.9. The Morgan fingerprint density at radius 3 is 2.50 bits per heavy atom. The van der Waals surface area contributed by atoms with Crippen molar-refractivity contribution in [3.63, 3.8) is 0 Å². The van der Waals surface area contributed by atoms with Crippen molar-refractivity contribution < 1.29 is 9.90 Å². The van der Waals surface area contributed by atoms with E-state index in [0.29, 0.717) is 17.3 Å². The highest BCUT2D eigenvalue weighted by Gasteiger charge is 2.20. The van der Waals surface area contributed by atoms with Gasteiger partial charge in [0.25, 0.3) is 5.91 Å². The molecule has 1 aliphatic carbocycles. The second-order valence-electron chi connectivity index (χ2n) is 5.65. The molecule has 5 heteroatoms. The van der Waals surface area contributed by atoms with Gasteiger partial charge in [-0.25, -0.2) is 0 Å². The molecule has 1 amide bonds. The van der Waals surface area contributed by atoms with E-state index >= 15 is 0 Å². The topological polar surface area (TPSA) is 78.6 Å². The highest BCUT2D eigenvalue weighted by Crippen LogP contribution is 2.26. The molecule has 20 heavy (non-hydrogen) atoms. The van der Waals surface area contributed by atoms with Crippen LogP contribution in [0.1, 0.15) is 36.0 Å². The van der Waals surface area contributed by atoms with Crippen molar-refractivity contribution in [3.05, 3.63) is 23.8 Å². The van der Waals surface area contributed by atoms with Crippen LogP contribution in [-0.2, 0) is 0 Å². The van der Waals surface area contributed by atoms with Crippen LogP contribution in [0.4, 0.5) is 11.4 Å². The average molecular weight is 277 g/mol. The summed E-state index contributed by atoms with van der Waals surface area (Å²) in [6.45, 7) is 0. The molecule has 0 spiro atoms. The van der Waals surface area contributed by atoms with Crippen molar-refractivity contribution in [2.45, 2.75) is 37.8 Å². The van der Waals surface area contributed by atoms with E-state index in [9.17, 15) is 9.90 Å².